The first kappa shape index (κ1) is 24.0. The van der Waals surface area contributed by atoms with Crippen molar-refractivity contribution in [2.75, 3.05) is 59.0 Å². The maximum Gasteiger partial charge on any atom is 0.317 e. The van der Waals surface area contributed by atoms with Crippen molar-refractivity contribution in [3.63, 3.8) is 0 Å². The van der Waals surface area contributed by atoms with E-state index in [1.165, 1.54) is 4.31 Å². The first-order valence-corrected chi connectivity index (χ1v) is 12.5. The van der Waals surface area contributed by atoms with Crippen molar-refractivity contribution in [2.45, 2.75) is 38.7 Å². The maximum absolute atomic E-state index is 13.0. The summed E-state index contributed by atoms with van der Waals surface area (Å²) >= 11 is 0. The van der Waals surface area contributed by atoms with Gasteiger partial charge in [-0.3, -0.25) is 4.90 Å². The van der Waals surface area contributed by atoms with Crippen molar-refractivity contribution >= 4 is 16.1 Å². The van der Waals surface area contributed by atoms with Crippen molar-refractivity contribution in [1.82, 2.24) is 19.4 Å². The van der Waals surface area contributed by atoms with Gasteiger partial charge in [0.15, 0.2) is 0 Å². The lowest BCUT2D eigenvalue weighted by Crippen LogP contribution is -2.55. The van der Waals surface area contributed by atoms with Crippen LogP contribution in [-0.2, 0) is 14.8 Å². The minimum absolute atomic E-state index is 0.0112. The van der Waals surface area contributed by atoms with E-state index in [1.54, 1.807) is 17.0 Å². The predicted molar refractivity (Wildman–Crippen MR) is 121 cm³/mol. The van der Waals surface area contributed by atoms with Crippen molar-refractivity contribution in [3.05, 3.63) is 29.3 Å². The van der Waals surface area contributed by atoms with Crippen LogP contribution in [0.15, 0.2) is 23.1 Å². The highest BCUT2D eigenvalue weighted by molar-refractivity contribution is 7.89. The number of rotatable bonds is 6. The van der Waals surface area contributed by atoms with Crippen LogP contribution in [0, 0.1) is 19.8 Å². The van der Waals surface area contributed by atoms with E-state index in [2.05, 4.69) is 24.1 Å². The van der Waals surface area contributed by atoms with Gasteiger partial charge in [0, 0.05) is 52.4 Å². The zero-order valence-electron chi connectivity index (χ0n) is 19.1. The van der Waals surface area contributed by atoms with Crippen LogP contribution in [0.5, 0.6) is 0 Å². The van der Waals surface area contributed by atoms with Gasteiger partial charge in [0.2, 0.25) is 10.0 Å². The molecule has 0 unspecified atom stereocenters. The standard InChI is InChI=1S/C22H36N4O4S/c1-17(2)15-24-11-12-30-20(16-24)14-23-22(27)25-7-9-26(10-8-25)31(28,29)21-6-5-18(3)19(4)13-21/h5-6,13,17,20H,7-12,14-16H2,1-4H3,(H,23,27)/t20-/m1/s1. The summed E-state index contributed by atoms with van der Waals surface area (Å²) in [5.41, 5.74) is 2.02. The lowest BCUT2D eigenvalue weighted by Gasteiger charge is -2.36. The summed E-state index contributed by atoms with van der Waals surface area (Å²) in [5, 5.41) is 2.96. The second-order valence-corrected chi connectivity index (χ2v) is 10.9. The maximum atomic E-state index is 13.0. The SMILES string of the molecule is Cc1ccc(S(=O)(=O)N2CCN(C(=O)NC[C@@H]3CN(CC(C)C)CCO3)CC2)cc1C. The number of carbonyl (C=O) groups excluding carboxylic acids is 1. The Bertz CT molecular complexity index is 866. The van der Waals surface area contributed by atoms with Gasteiger partial charge in [0.1, 0.15) is 0 Å². The van der Waals surface area contributed by atoms with Gasteiger partial charge < -0.3 is 15.0 Å². The molecule has 0 radical (unpaired) electrons. The molecule has 0 spiro atoms. The van der Waals surface area contributed by atoms with Crippen LogP contribution < -0.4 is 5.32 Å². The minimum Gasteiger partial charge on any atom is -0.374 e. The van der Waals surface area contributed by atoms with Gasteiger partial charge >= 0.3 is 6.03 Å². The number of aryl methyl sites for hydroxylation is 2. The first-order valence-electron chi connectivity index (χ1n) is 11.1. The average Bonchev–Trinajstić information content (AvgIpc) is 2.74. The fourth-order valence-corrected chi connectivity index (χ4v) is 5.56. The number of piperazine rings is 1. The molecular weight excluding hydrogens is 416 g/mol. The molecule has 2 amide bonds. The summed E-state index contributed by atoms with van der Waals surface area (Å²) in [4.78, 5) is 17.0. The fourth-order valence-electron chi connectivity index (χ4n) is 4.05. The van der Waals surface area contributed by atoms with Crippen molar-refractivity contribution in [2.24, 2.45) is 5.92 Å². The normalized spacial score (nSPS) is 21.5. The quantitative estimate of drug-likeness (QED) is 0.710. The van der Waals surface area contributed by atoms with Gasteiger partial charge in [-0.05, 0) is 43.0 Å². The molecule has 174 valence electrons. The third kappa shape index (κ3) is 6.19. The molecule has 0 aliphatic carbocycles. The van der Waals surface area contributed by atoms with Gasteiger partial charge in [0.25, 0.3) is 0 Å². The predicted octanol–water partition coefficient (Wildman–Crippen LogP) is 1.68. The van der Waals surface area contributed by atoms with E-state index in [1.807, 2.05) is 19.9 Å². The van der Waals surface area contributed by atoms with Crippen molar-refractivity contribution in [3.8, 4) is 0 Å². The molecule has 0 bridgehead atoms. The lowest BCUT2D eigenvalue weighted by atomic mass is 10.1. The first-order chi connectivity index (χ1) is 14.7. The summed E-state index contributed by atoms with van der Waals surface area (Å²) in [6.45, 7) is 13.6. The average molecular weight is 453 g/mol. The van der Waals surface area contributed by atoms with Crippen LogP contribution in [0.3, 0.4) is 0 Å². The molecule has 1 aromatic carbocycles. The fraction of sp³-hybridized carbons (Fsp3) is 0.682. The molecule has 1 atom stereocenters. The van der Waals surface area contributed by atoms with E-state index in [-0.39, 0.29) is 12.1 Å². The molecule has 1 N–H and O–H groups in total. The topological polar surface area (TPSA) is 82.2 Å². The van der Waals surface area contributed by atoms with Crippen LogP contribution in [0.2, 0.25) is 0 Å². The molecule has 3 rings (SSSR count). The number of hydrogen-bond acceptors (Lipinski definition) is 5. The Morgan fingerprint density at radius 2 is 1.84 bits per heavy atom. The van der Waals surface area contributed by atoms with Gasteiger partial charge in [-0.25, -0.2) is 13.2 Å². The van der Waals surface area contributed by atoms with Crippen LogP contribution >= 0.6 is 0 Å². The molecule has 9 heteroatoms. The monoisotopic (exact) mass is 452 g/mol. The van der Waals surface area contributed by atoms with Crippen LogP contribution in [0.1, 0.15) is 25.0 Å². The molecule has 0 aromatic heterocycles. The largest absolute Gasteiger partial charge is 0.374 e. The number of amides is 2. The van der Waals surface area contributed by atoms with E-state index in [9.17, 15) is 13.2 Å². The Labute approximate surface area is 186 Å². The summed E-state index contributed by atoms with van der Waals surface area (Å²) in [6, 6.07) is 5.05. The number of benzene rings is 1. The Morgan fingerprint density at radius 1 is 1.13 bits per heavy atom. The highest BCUT2D eigenvalue weighted by atomic mass is 32.2. The molecular formula is C22H36N4O4S. The third-order valence-electron chi connectivity index (χ3n) is 5.97. The van der Waals surface area contributed by atoms with Crippen LogP contribution in [0.25, 0.3) is 0 Å². The van der Waals surface area contributed by atoms with E-state index < -0.39 is 10.0 Å². The Balaban J connectivity index is 1.48. The van der Waals surface area contributed by atoms with Crippen LogP contribution in [-0.4, -0.2) is 93.6 Å². The number of urea groups is 1. The second-order valence-electron chi connectivity index (χ2n) is 8.97. The third-order valence-corrected chi connectivity index (χ3v) is 7.86. The van der Waals surface area contributed by atoms with E-state index in [0.717, 1.165) is 30.8 Å². The smallest absolute Gasteiger partial charge is 0.317 e. The number of nitrogens with zero attached hydrogens (tertiary/aromatic N) is 3. The van der Waals surface area contributed by atoms with Crippen molar-refractivity contribution < 1.29 is 17.9 Å². The molecule has 2 aliphatic rings. The number of morpholine rings is 1. The number of carbonyl (C=O) groups is 1. The molecule has 8 nitrogen and oxygen atoms in total. The molecule has 2 heterocycles. The zero-order valence-corrected chi connectivity index (χ0v) is 20.0. The highest BCUT2D eigenvalue weighted by Gasteiger charge is 2.30. The molecule has 2 aliphatic heterocycles. The van der Waals surface area contributed by atoms with Gasteiger partial charge in [-0.2, -0.15) is 4.31 Å². The minimum atomic E-state index is -3.55. The summed E-state index contributed by atoms with van der Waals surface area (Å²) < 4.78 is 33.2. The Hall–Kier alpha value is -1.68. The van der Waals surface area contributed by atoms with Crippen LogP contribution in [0.4, 0.5) is 4.79 Å². The Kier molecular flexibility index (Phi) is 7.96. The molecule has 0 saturated carbocycles. The van der Waals surface area contributed by atoms with E-state index in [4.69, 9.17) is 4.74 Å². The number of sulfonamides is 1. The molecule has 1 aromatic rings. The van der Waals surface area contributed by atoms with Gasteiger partial charge in [-0.15, -0.1) is 0 Å². The molecule has 2 saturated heterocycles. The number of hydrogen-bond donors (Lipinski definition) is 1. The van der Waals surface area contributed by atoms with Gasteiger partial charge in [-0.1, -0.05) is 19.9 Å². The van der Waals surface area contributed by atoms with Crippen molar-refractivity contribution in [1.29, 1.82) is 0 Å². The van der Waals surface area contributed by atoms with E-state index >= 15 is 0 Å². The number of ether oxygens (including phenoxy) is 1. The zero-order chi connectivity index (χ0) is 22.6. The molecule has 31 heavy (non-hydrogen) atoms. The summed E-state index contributed by atoms with van der Waals surface area (Å²) in [5.74, 6) is 0.602. The molecule has 2 fully saturated rings. The second kappa shape index (κ2) is 10.3. The van der Waals surface area contributed by atoms with E-state index in [0.29, 0.717) is 50.1 Å². The Morgan fingerprint density at radius 3 is 2.48 bits per heavy atom. The lowest BCUT2D eigenvalue weighted by molar-refractivity contribution is -0.0294. The summed E-state index contributed by atoms with van der Waals surface area (Å²) in [7, 11) is -3.55. The number of nitrogens with one attached hydrogen (secondary N) is 1. The van der Waals surface area contributed by atoms with Gasteiger partial charge in [0.05, 0.1) is 17.6 Å². The summed E-state index contributed by atoms with van der Waals surface area (Å²) in [6.07, 6.45) is -0.0112. The highest BCUT2D eigenvalue weighted by Crippen LogP contribution is 2.20.